The summed E-state index contributed by atoms with van der Waals surface area (Å²) in [6.45, 7) is 4.18. The maximum absolute atomic E-state index is 13.1. The van der Waals surface area contributed by atoms with Gasteiger partial charge in [-0.15, -0.1) is 0 Å². The number of anilines is 3. The molecule has 9 nitrogen and oxygen atoms in total. The number of H-pyrrole nitrogens is 1. The van der Waals surface area contributed by atoms with Gasteiger partial charge in [-0.2, -0.15) is 5.26 Å². The van der Waals surface area contributed by atoms with Crippen LogP contribution in [0.5, 0.6) is 0 Å². The van der Waals surface area contributed by atoms with Gasteiger partial charge in [0.2, 0.25) is 5.91 Å². The summed E-state index contributed by atoms with van der Waals surface area (Å²) in [6, 6.07) is 7.20. The van der Waals surface area contributed by atoms with Gasteiger partial charge in [0.05, 0.1) is 19.0 Å². The molecule has 0 aliphatic carbocycles. The number of unbranched alkanes of at least 4 members (excludes halogenated alkanes) is 1. The van der Waals surface area contributed by atoms with Crippen molar-refractivity contribution in [3.63, 3.8) is 0 Å². The number of amides is 1. The van der Waals surface area contributed by atoms with E-state index in [-0.39, 0.29) is 36.9 Å². The summed E-state index contributed by atoms with van der Waals surface area (Å²) in [5.41, 5.74) is 6.34. The third-order valence-corrected chi connectivity index (χ3v) is 5.33. The monoisotopic (exact) mass is 446 g/mol. The minimum atomic E-state index is -0.656. The molecular formula is C21H27ClN6O3. The van der Waals surface area contributed by atoms with Crippen molar-refractivity contribution in [2.75, 3.05) is 35.7 Å². The van der Waals surface area contributed by atoms with Gasteiger partial charge in [0.1, 0.15) is 11.5 Å². The summed E-state index contributed by atoms with van der Waals surface area (Å²) >= 11 is 6.09. The number of halogens is 1. The fraction of sp³-hybridized carbons (Fsp3) is 0.429. The molecule has 0 saturated carbocycles. The predicted octanol–water partition coefficient (Wildman–Crippen LogP) is 2.26. The van der Waals surface area contributed by atoms with Crippen LogP contribution in [-0.2, 0) is 11.3 Å². The molecule has 0 aliphatic rings. The Kier molecular flexibility index (Phi) is 8.28. The smallest absolute Gasteiger partial charge is 0.330 e. The number of benzene rings is 1. The first-order valence-corrected chi connectivity index (χ1v) is 10.4. The van der Waals surface area contributed by atoms with Gasteiger partial charge >= 0.3 is 5.69 Å². The summed E-state index contributed by atoms with van der Waals surface area (Å²) in [5, 5.41) is 9.56. The van der Waals surface area contributed by atoms with Crippen LogP contribution in [0.3, 0.4) is 0 Å². The van der Waals surface area contributed by atoms with Crippen LogP contribution in [-0.4, -0.2) is 35.6 Å². The zero-order valence-electron chi connectivity index (χ0n) is 17.9. The van der Waals surface area contributed by atoms with E-state index in [9.17, 15) is 14.4 Å². The minimum absolute atomic E-state index is 0.0170. The molecule has 0 aliphatic heterocycles. The van der Waals surface area contributed by atoms with Gasteiger partial charge in [-0.3, -0.25) is 19.1 Å². The predicted molar refractivity (Wildman–Crippen MR) is 123 cm³/mol. The molecule has 1 amide bonds. The van der Waals surface area contributed by atoms with Crippen molar-refractivity contribution >= 4 is 34.7 Å². The van der Waals surface area contributed by atoms with E-state index < -0.39 is 11.2 Å². The van der Waals surface area contributed by atoms with E-state index in [2.05, 4.69) is 4.98 Å². The van der Waals surface area contributed by atoms with E-state index in [1.165, 1.54) is 14.4 Å². The van der Waals surface area contributed by atoms with Crippen molar-refractivity contribution in [3.05, 3.63) is 49.6 Å². The first kappa shape index (κ1) is 24.0. The Labute approximate surface area is 185 Å². The minimum Gasteiger partial charge on any atom is -0.383 e. The van der Waals surface area contributed by atoms with Crippen LogP contribution < -0.4 is 26.8 Å². The van der Waals surface area contributed by atoms with Crippen LogP contribution in [0.4, 0.5) is 17.2 Å². The van der Waals surface area contributed by atoms with E-state index in [0.717, 1.165) is 18.4 Å². The highest BCUT2D eigenvalue weighted by Crippen LogP contribution is 2.23. The third-order valence-electron chi connectivity index (χ3n) is 4.91. The molecule has 0 radical (unpaired) electrons. The van der Waals surface area contributed by atoms with E-state index in [0.29, 0.717) is 17.3 Å². The van der Waals surface area contributed by atoms with Gasteiger partial charge in [-0.1, -0.05) is 24.9 Å². The van der Waals surface area contributed by atoms with Crippen LogP contribution in [0.2, 0.25) is 5.02 Å². The lowest BCUT2D eigenvalue weighted by Crippen LogP contribution is -2.43. The number of carbonyl (C=O) groups is 1. The number of carbonyl (C=O) groups excluding carboxylic acids is 1. The van der Waals surface area contributed by atoms with Gasteiger partial charge in [0.15, 0.2) is 0 Å². The fourth-order valence-corrected chi connectivity index (χ4v) is 3.33. The molecule has 0 spiro atoms. The lowest BCUT2D eigenvalue weighted by Gasteiger charge is -2.27. The number of aromatic nitrogens is 2. The standard InChI is InChI=1S/C21H27ClN6O3/c1-4-5-10-28-19(24)18(20(30)25-21(28)31)26(3)13-17(29)27(11-6-9-23)15-7-8-16(22)14(2)12-15/h7-8,12H,4-6,10-11,13,24H2,1-3H3,(H,25,30,31). The summed E-state index contributed by atoms with van der Waals surface area (Å²) in [7, 11) is 1.56. The topological polar surface area (TPSA) is 128 Å². The number of aromatic amines is 1. The van der Waals surface area contributed by atoms with E-state index in [1.54, 1.807) is 25.2 Å². The summed E-state index contributed by atoms with van der Waals surface area (Å²) in [5.74, 6) is -0.312. The number of aryl methyl sites for hydroxylation is 1. The molecule has 1 aromatic heterocycles. The molecule has 0 atom stereocenters. The van der Waals surface area contributed by atoms with Gasteiger partial charge in [0, 0.05) is 30.8 Å². The Morgan fingerprint density at radius 3 is 2.68 bits per heavy atom. The Balaban J connectivity index is 2.35. The highest BCUT2D eigenvalue weighted by molar-refractivity contribution is 6.31. The van der Waals surface area contributed by atoms with Crippen LogP contribution in [0.1, 0.15) is 31.7 Å². The van der Waals surface area contributed by atoms with Crippen molar-refractivity contribution in [2.24, 2.45) is 0 Å². The van der Waals surface area contributed by atoms with E-state index in [4.69, 9.17) is 22.6 Å². The molecule has 10 heteroatoms. The van der Waals surface area contributed by atoms with Crippen molar-refractivity contribution in [1.82, 2.24) is 9.55 Å². The number of nitrogen functional groups attached to an aromatic ring is 1. The zero-order chi connectivity index (χ0) is 23.1. The quantitative estimate of drug-likeness (QED) is 0.608. The number of nitrogens with one attached hydrogen (secondary N) is 1. The molecule has 31 heavy (non-hydrogen) atoms. The molecule has 2 rings (SSSR count). The number of nitrogens with two attached hydrogens (primary N) is 1. The number of likely N-dealkylation sites (N-methyl/N-ethyl adjacent to an activating group) is 1. The number of nitriles is 1. The van der Waals surface area contributed by atoms with E-state index in [1.807, 2.05) is 19.9 Å². The summed E-state index contributed by atoms with van der Waals surface area (Å²) < 4.78 is 1.30. The Hall–Kier alpha value is -3.25. The number of nitrogens with zero attached hydrogens (tertiary/aromatic N) is 4. The first-order chi connectivity index (χ1) is 14.7. The van der Waals surface area contributed by atoms with Crippen LogP contribution in [0, 0.1) is 18.3 Å². The lowest BCUT2D eigenvalue weighted by molar-refractivity contribution is -0.117. The molecule has 1 aromatic carbocycles. The highest BCUT2D eigenvalue weighted by Gasteiger charge is 2.22. The Morgan fingerprint density at radius 2 is 2.06 bits per heavy atom. The third kappa shape index (κ3) is 5.67. The maximum atomic E-state index is 13.1. The van der Waals surface area contributed by atoms with Gasteiger partial charge < -0.3 is 15.5 Å². The van der Waals surface area contributed by atoms with E-state index >= 15 is 0 Å². The van der Waals surface area contributed by atoms with Crippen molar-refractivity contribution in [3.8, 4) is 6.07 Å². The fourth-order valence-electron chi connectivity index (χ4n) is 3.21. The lowest BCUT2D eigenvalue weighted by atomic mass is 10.2. The molecule has 0 saturated heterocycles. The number of hydrogen-bond acceptors (Lipinski definition) is 6. The second-order valence-electron chi connectivity index (χ2n) is 7.24. The molecule has 1 heterocycles. The summed E-state index contributed by atoms with van der Waals surface area (Å²) in [4.78, 5) is 42.8. The second kappa shape index (κ2) is 10.7. The van der Waals surface area contributed by atoms with Crippen LogP contribution in [0.25, 0.3) is 0 Å². The molecule has 166 valence electrons. The average Bonchev–Trinajstić information content (AvgIpc) is 2.70. The molecule has 0 fully saturated rings. The van der Waals surface area contributed by atoms with Crippen molar-refractivity contribution in [1.29, 1.82) is 5.26 Å². The molecular weight excluding hydrogens is 420 g/mol. The highest BCUT2D eigenvalue weighted by atomic mass is 35.5. The first-order valence-electron chi connectivity index (χ1n) is 9.98. The van der Waals surface area contributed by atoms with Crippen LogP contribution >= 0.6 is 11.6 Å². The van der Waals surface area contributed by atoms with Crippen molar-refractivity contribution in [2.45, 2.75) is 39.7 Å². The second-order valence-corrected chi connectivity index (χ2v) is 7.65. The van der Waals surface area contributed by atoms with Crippen LogP contribution in [0.15, 0.2) is 27.8 Å². The number of rotatable bonds is 9. The van der Waals surface area contributed by atoms with Gasteiger partial charge in [-0.25, -0.2) is 4.79 Å². The summed E-state index contributed by atoms with van der Waals surface area (Å²) in [6.07, 6.45) is 1.71. The maximum Gasteiger partial charge on any atom is 0.330 e. The normalized spacial score (nSPS) is 10.5. The average molecular weight is 447 g/mol. The Morgan fingerprint density at radius 1 is 1.35 bits per heavy atom. The SMILES string of the molecule is CCCCn1c(N)c(N(C)CC(=O)N(CCC#N)c2ccc(Cl)c(C)c2)c(=O)[nH]c1=O. The van der Waals surface area contributed by atoms with Crippen molar-refractivity contribution < 1.29 is 4.79 Å². The Bertz CT molecular complexity index is 1100. The largest absolute Gasteiger partial charge is 0.383 e. The van der Waals surface area contributed by atoms with Gasteiger partial charge in [-0.05, 0) is 37.1 Å². The van der Waals surface area contributed by atoms with Gasteiger partial charge in [0.25, 0.3) is 5.56 Å². The molecule has 3 N–H and O–H groups in total. The zero-order valence-corrected chi connectivity index (χ0v) is 18.7. The number of hydrogen-bond donors (Lipinski definition) is 2. The molecule has 2 aromatic rings. The molecule has 0 unspecified atom stereocenters. The molecule has 0 bridgehead atoms.